The van der Waals surface area contributed by atoms with E-state index in [9.17, 15) is 25.2 Å². The highest BCUT2D eigenvalue weighted by atomic mass is 16.6. The van der Waals surface area contributed by atoms with Gasteiger partial charge in [0.25, 0.3) is 0 Å². The highest BCUT2D eigenvalue weighted by Gasteiger charge is 2.65. The molecule has 0 radical (unpaired) electrons. The predicted molar refractivity (Wildman–Crippen MR) is 89.0 cm³/mol. The molecule has 0 aromatic heterocycles. The number of phenols is 2. The first kappa shape index (κ1) is 14.7. The van der Waals surface area contributed by atoms with E-state index < -0.39 is 23.7 Å². The van der Waals surface area contributed by atoms with E-state index in [1.165, 1.54) is 12.1 Å². The third-order valence-electron chi connectivity index (χ3n) is 6.51. The van der Waals surface area contributed by atoms with Crippen LogP contribution in [0.25, 0.3) is 11.1 Å². The number of hydrogen-bond acceptors (Lipinski definition) is 6. The van der Waals surface area contributed by atoms with Gasteiger partial charge in [0.1, 0.15) is 29.3 Å². The lowest BCUT2D eigenvalue weighted by Crippen LogP contribution is -2.46. The summed E-state index contributed by atoms with van der Waals surface area (Å²) in [6.07, 6.45) is -1.45. The Balaban J connectivity index is 1.79. The van der Waals surface area contributed by atoms with Gasteiger partial charge in [0.2, 0.25) is 0 Å². The molecular weight excluding hydrogens is 336 g/mol. The van der Waals surface area contributed by atoms with Gasteiger partial charge in [0, 0.05) is 23.5 Å². The van der Waals surface area contributed by atoms with Crippen LogP contribution in [0.3, 0.4) is 0 Å². The summed E-state index contributed by atoms with van der Waals surface area (Å²) < 4.78 is 5.68. The first-order valence-corrected chi connectivity index (χ1v) is 8.75. The Bertz CT molecular complexity index is 1030. The molecule has 132 valence electrons. The Labute approximate surface area is 148 Å². The number of ketones is 1. The van der Waals surface area contributed by atoms with E-state index in [1.807, 2.05) is 0 Å². The van der Waals surface area contributed by atoms with Crippen LogP contribution in [0.4, 0.5) is 0 Å². The third kappa shape index (κ3) is 1.44. The van der Waals surface area contributed by atoms with Crippen LogP contribution in [0.5, 0.6) is 11.5 Å². The summed E-state index contributed by atoms with van der Waals surface area (Å²) in [5.41, 5.74) is 1.76. The van der Waals surface area contributed by atoms with Gasteiger partial charge in [-0.1, -0.05) is 12.1 Å². The van der Waals surface area contributed by atoms with E-state index in [0.29, 0.717) is 22.3 Å². The van der Waals surface area contributed by atoms with Crippen molar-refractivity contribution in [1.82, 2.24) is 0 Å². The fourth-order valence-electron chi connectivity index (χ4n) is 5.42. The first-order valence-electron chi connectivity index (χ1n) is 8.75. The van der Waals surface area contributed by atoms with E-state index in [2.05, 4.69) is 0 Å². The van der Waals surface area contributed by atoms with Crippen LogP contribution in [0, 0.1) is 0 Å². The first-order chi connectivity index (χ1) is 12.4. The molecule has 6 heteroatoms. The molecule has 0 amide bonds. The maximum absolute atomic E-state index is 12.5. The molecule has 0 spiro atoms. The van der Waals surface area contributed by atoms with Crippen molar-refractivity contribution in [2.45, 2.75) is 42.7 Å². The number of carbonyl (C=O) groups is 1. The number of Topliss-reactive ketones (excluding diaryl/α,β-unsaturated/α-hetero) is 1. The molecular formula is C20H16O6. The monoisotopic (exact) mass is 352 g/mol. The Morgan fingerprint density at radius 1 is 1.00 bits per heavy atom. The maximum Gasteiger partial charge on any atom is 0.167 e. The molecule has 6 rings (SSSR count). The number of ether oxygens (including phenoxy) is 1. The largest absolute Gasteiger partial charge is 0.508 e. The van der Waals surface area contributed by atoms with E-state index in [4.69, 9.17) is 4.74 Å². The third-order valence-corrected chi connectivity index (χ3v) is 6.51. The second-order valence-electron chi connectivity index (χ2n) is 7.68. The normalized spacial score (nSPS) is 35.4. The second kappa shape index (κ2) is 4.28. The highest BCUT2D eigenvalue weighted by Crippen LogP contribution is 2.65. The minimum Gasteiger partial charge on any atom is -0.508 e. The van der Waals surface area contributed by atoms with Gasteiger partial charge < -0.3 is 25.2 Å². The van der Waals surface area contributed by atoms with Gasteiger partial charge >= 0.3 is 0 Å². The van der Waals surface area contributed by atoms with Gasteiger partial charge in [-0.15, -0.1) is 0 Å². The fraction of sp³-hybridized carbons (Fsp3) is 0.350. The molecule has 1 heterocycles. The Morgan fingerprint density at radius 2 is 1.73 bits per heavy atom. The van der Waals surface area contributed by atoms with E-state index >= 15 is 0 Å². The average molecular weight is 352 g/mol. The molecule has 0 bridgehead atoms. The zero-order valence-corrected chi connectivity index (χ0v) is 13.6. The van der Waals surface area contributed by atoms with Gasteiger partial charge in [-0.25, -0.2) is 0 Å². The summed E-state index contributed by atoms with van der Waals surface area (Å²) in [6.45, 7) is 0. The van der Waals surface area contributed by atoms with Gasteiger partial charge in [-0.3, -0.25) is 4.79 Å². The van der Waals surface area contributed by atoms with Gasteiger partial charge in [0.15, 0.2) is 5.78 Å². The molecule has 1 fully saturated rings. The van der Waals surface area contributed by atoms with E-state index in [-0.39, 0.29) is 41.8 Å². The van der Waals surface area contributed by atoms with E-state index in [0.717, 1.165) is 5.56 Å². The van der Waals surface area contributed by atoms with Crippen molar-refractivity contribution in [2.75, 3.05) is 0 Å². The van der Waals surface area contributed by atoms with Crippen molar-refractivity contribution < 1.29 is 30.0 Å². The summed E-state index contributed by atoms with van der Waals surface area (Å²) >= 11 is 0. The Hall–Kier alpha value is -2.41. The van der Waals surface area contributed by atoms with Gasteiger partial charge in [-0.05, 0) is 35.2 Å². The lowest BCUT2D eigenvalue weighted by molar-refractivity contribution is -0.0192. The van der Waals surface area contributed by atoms with Crippen molar-refractivity contribution >= 4 is 5.78 Å². The summed E-state index contributed by atoms with van der Waals surface area (Å²) in [4.78, 5) is 12.5. The summed E-state index contributed by atoms with van der Waals surface area (Å²) in [6, 6.07) is 6.41. The van der Waals surface area contributed by atoms with Crippen LogP contribution >= 0.6 is 0 Å². The van der Waals surface area contributed by atoms with Crippen LogP contribution in [0.2, 0.25) is 0 Å². The molecule has 2 aromatic carbocycles. The number of benzene rings is 2. The Kier molecular flexibility index (Phi) is 2.43. The van der Waals surface area contributed by atoms with Crippen LogP contribution in [0.15, 0.2) is 24.3 Å². The second-order valence-corrected chi connectivity index (χ2v) is 7.68. The van der Waals surface area contributed by atoms with E-state index in [1.54, 1.807) is 12.1 Å². The number of aromatic hydroxyl groups is 2. The molecule has 3 aliphatic carbocycles. The zero-order chi connectivity index (χ0) is 18.0. The molecule has 1 aliphatic heterocycles. The molecule has 4 aliphatic rings. The van der Waals surface area contributed by atoms with Crippen molar-refractivity contribution in [2.24, 2.45) is 0 Å². The molecule has 5 atom stereocenters. The fourth-order valence-corrected chi connectivity index (χ4v) is 5.42. The van der Waals surface area contributed by atoms with Crippen molar-refractivity contribution in [3.63, 3.8) is 0 Å². The summed E-state index contributed by atoms with van der Waals surface area (Å²) in [7, 11) is 0. The highest BCUT2D eigenvalue weighted by molar-refractivity contribution is 6.04. The van der Waals surface area contributed by atoms with Crippen LogP contribution < -0.4 is 0 Å². The standard InChI is InChI=1S/C20H16O6/c21-9-4-2-8-7-1-3-10(22)14-12(7)16(18-19(26-18)17(14)24)20(25)6-5-11(23)13(9)15(8)20/h1-4,16-19,21-22,24-25H,5-6H2/t16-,17+,18+,19-,20-/m0/s1. The predicted octanol–water partition coefficient (Wildman–Crippen LogP) is 1.84. The minimum atomic E-state index is -1.38. The smallest absolute Gasteiger partial charge is 0.167 e. The molecule has 4 N–H and O–H groups in total. The van der Waals surface area contributed by atoms with Gasteiger partial charge in [-0.2, -0.15) is 0 Å². The minimum absolute atomic E-state index is 0.0202. The number of carbonyl (C=O) groups excluding carboxylic acids is 1. The average Bonchev–Trinajstić information content (AvgIpc) is 3.40. The molecule has 0 saturated carbocycles. The number of rotatable bonds is 0. The molecule has 2 aromatic rings. The molecule has 0 unspecified atom stereocenters. The molecule has 26 heavy (non-hydrogen) atoms. The number of epoxide rings is 1. The number of aliphatic hydroxyl groups is 2. The van der Waals surface area contributed by atoms with Gasteiger partial charge in [0.05, 0.1) is 11.7 Å². The van der Waals surface area contributed by atoms with Crippen molar-refractivity contribution in [3.8, 4) is 22.6 Å². The lowest BCUT2D eigenvalue weighted by atomic mass is 9.58. The molecule has 6 nitrogen and oxygen atoms in total. The summed E-state index contributed by atoms with van der Waals surface area (Å²) in [5.74, 6) is -0.823. The summed E-state index contributed by atoms with van der Waals surface area (Å²) in [5, 5.41) is 43.0. The quantitative estimate of drug-likeness (QED) is 0.539. The number of phenolic OH excluding ortho intramolecular Hbond substituents is 2. The Morgan fingerprint density at radius 3 is 2.54 bits per heavy atom. The number of hydrogen-bond donors (Lipinski definition) is 4. The maximum atomic E-state index is 12.5. The van der Waals surface area contributed by atoms with Crippen molar-refractivity contribution in [3.05, 3.63) is 46.5 Å². The van der Waals surface area contributed by atoms with Crippen LogP contribution in [-0.4, -0.2) is 38.4 Å². The van der Waals surface area contributed by atoms with Crippen LogP contribution in [0.1, 0.15) is 51.9 Å². The lowest BCUT2D eigenvalue weighted by Gasteiger charge is -2.47. The number of aliphatic hydroxyl groups excluding tert-OH is 1. The molecule has 1 saturated heterocycles. The SMILES string of the molecule is O=C1CC[C@]2(O)c3c(ccc(O)c31)-c1ccc(O)c3c1[C@H]2[C@H]1O[C@H]1[C@@H]3O. The number of fused-ring (bicyclic) bond motifs is 4. The zero-order valence-electron chi connectivity index (χ0n) is 13.6. The van der Waals surface area contributed by atoms with Crippen molar-refractivity contribution in [1.29, 1.82) is 0 Å². The topological polar surface area (TPSA) is 111 Å². The van der Waals surface area contributed by atoms with Crippen LogP contribution in [-0.2, 0) is 10.3 Å².